The molecule has 0 spiro atoms. The minimum atomic E-state index is 0. The third kappa shape index (κ3) is 10.9. The van der Waals surface area contributed by atoms with Crippen molar-refractivity contribution in [2.45, 2.75) is 12.5 Å². The van der Waals surface area contributed by atoms with E-state index >= 15 is 0 Å². The van der Waals surface area contributed by atoms with Crippen molar-refractivity contribution in [1.29, 1.82) is 0 Å². The standard InChI is InChI=1S/C4H11N2.Na.H/c1-4(6)2-3-5;;/h4H,1-3,5-6H2;;. The first-order chi connectivity index (χ1) is 2.77. The molecule has 4 N–H and O–H groups in total. The van der Waals surface area contributed by atoms with Crippen LogP contribution in [0.5, 0.6) is 0 Å². The molecule has 0 fully saturated rings. The molecule has 0 saturated heterocycles. The van der Waals surface area contributed by atoms with Crippen molar-refractivity contribution in [1.82, 2.24) is 0 Å². The first-order valence-electron chi connectivity index (χ1n) is 2.06. The van der Waals surface area contributed by atoms with Crippen molar-refractivity contribution in [3.63, 3.8) is 0 Å². The minimum absolute atomic E-state index is 0. The summed E-state index contributed by atoms with van der Waals surface area (Å²) in [5, 5.41) is 0. The van der Waals surface area contributed by atoms with Gasteiger partial charge in [-0.1, -0.05) is 0 Å². The Morgan fingerprint density at radius 2 is 2.00 bits per heavy atom. The van der Waals surface area contributed by atoms with Gasteiger partial charge in [-0.3, -0.25) is 0 Å². The molecule has 0 aromatic heterocycles. The van der Waals surface area contributed by atoms with Crippen LogP contribution in [0.3, 0.4) is 0 Å². The van der Waals surface area contributed by atoms with Crippen LogP contribution >= 0.6 is 0 Å². The molecule has 1 atom stereocenters. The summed E-state index contributed by atoms with van der Waals surface area (Å²) in [6.07, 6.45) is 0.819. The van der Waals surface area contributed by atoms with Gasteiger partial charge in [0, 0.05) is 6.04 Å². The van der Waals surface area contributed by atoms with Crippen molar-refractivity contribution in [2.75, 3.05) is 6.54 Å². The zero-order chi connectivity index (χ0) is 4.99. The van der Waals surface area contributed by atoms with Gasteiger partial charge < -0.3 is 11.5 Å². The topological polar surface area (TPSA) is 52.0 Å². The van der Waals surface area contributed by atoms with Crippen molar-refractivity contribution in [3.05, 3.63) is 6.92 Å². The molecule has 3 heteroatoms. The average molecular weight is 111 g/mol. The normalized spacial score (nSPS) is 12.4. The average Bonchev–Trinajstić information content (AvgIpc) is 1.35. The van der Waals surface area contributed by atoms with Gasteiger partial charge in [-0.25, -0.2) is 0 Å². The van der Waals surface area contributed by atoms with E-state index in [-0.39, 0.29) is 35.6 Å². The third-order valence-corrected chi connectivity index (χ3v) is 0.537. The van der Waals surface area contributed by atoms with Gasteiger partial charge in [0.1, 0.15) is 0 Å². The fourth-order valence-corrected chi connectivity index (χ4v) is 0.214. The molecule has 1 unspecified atom stereocenters. The van der Waals surface area contributed by atoms with Gasteiger partial charge in [-0.15, -0.1) is 0 Å². The second-order valence-electron chi connectivity index (χ2n) is 1.34. The Morgan fingerprint density at radius 3 is 2.00 bits per heavy atom. The van der Waals surface area contributed by atoms with Crippen LogP contribution in [0, 0.1) is 6.92 Å². The zero-order valence-electron chi connectivity index (χ0n) is 3.85. The zero-order valence-corrected chi connectivity index (χ0v) is 3.85. The van der Waals surface area contributed by atoms with E-state index in [0.717, 1.165) is 6.42 Å². The molecule has 0 amide bonds. The second kappa shape index (κ2) is 6.92. The van der Waals surface area contributed by atoms with E-state index < -0.39 is 0 Å². The predicted molar refractivity (Wildman–Crippen MR) is 34.2 cm³/mol. The Balaban J connectivity index is 0. The Bertz CT molecular complexity index is 30.9. The molecule has 0 heterocycles. The van der Waals surface area contributed by atoms with Gasteiger partial charge in [0.05, 0.1) is 0 Å². The number of hydrogen-bond acceptors (Lipinski definition) is 2. The van der Waals surface area contributed by atoms with Crippen molar-refractivity contribution in [2.24, 2.45) is 11.5 Å². The van der Waals surface area contributed by atoms with Gasteiger partial charge in [0.2, 0.25) is 0 Å². The Morgan fingerprint density at radius 1 is 1.57 bits per heavy atom. The van der Waals surface area contributed by atoms with E-state index in [4.69, 9.17) is 11.5 Å². The van der Waals surface area contributed by atoms with E-state index in [9.17, 15) is 0 Å². The van der Waals surface area contributed by atoms with Crippen LogP contribution < -0.4 is 11.5 Å². The van der Waals surface area contributed by atoms with Gasteiger partial charge in [-0.2, -0.15) is 0 Å². The molecule has 0 aromatic rings. The van der Waals surface area contributed by atoms with Crippen LogP contribution in [0.1, 0.15) is 6.42 Å². The molecule has 0 bridgehead atoms. The fraction of sp³-hybridized carbons (Fsp3) is 0.750. The Hall–Kier alpha value is 0.920. The monoisotopic (exact) mass is 111 g/mol. The first kappa shape index (κ1) is 10.8. The molecule has 0 aliphatic heterocycles. The molecule has 1 radical (unpaired) electrons. The molecule has 0 saturated carbocycles. The summed E-state index contributed by atoms with van der Waals surface area (Å²) < 4.78 is 0. The Kier molecular flexibility index (Phi) is 10.7. The maximum absolute atomic E-state index is 5.21. The van der Waals surface area contributed by atoms with E-state index in [2.05, 4.69) is 6.92 Å². The van der Waals surface area contributed by atoms with Crippen LogP contribution in [-0.2, 0) is 0 Å². The van der Waals surface area contributed by atoms with E-state index in [0.29, 0.717) is 6.54 Å². The SMILES string of the molecule is [CH2]C(N)CCN.[NaH]. The van der Waals surface area contributed by atoms with Crippen LogP contribution in [0.15, 0.2) is 0 Å². The van der Waals surface area contributed by atoms with Crippen molar-refractivity contribution in [3.8, 4) is 0 Å². The van der Waals surface area contributed by atoms with E-state index in [1.807, 2.05) is 0 Å². The number of nitrogens with two attached hydrogens (primary N) is 2. The van der Waals surface area contributed by atoms with Gasteiger partial charge in [0.25, 0.3) is 0 Å². The van der Waals surface area contributed by atoms with Crippen molar-refractivity contribution >= 4 is 29.6 Å². The van der Waals surface area contributed by atoms with Crippen LogP contribution in [0.25, 0.3) is 0 Å². The summed E-state index contributed by atoms with van der Waals surface area (Å²) >= 11 is 0. The molecule has 0 aliphatic carbocycles. The molecule has 39 valence electrons. The van der Waals surface area contributed by atoms with Gasteiger partial charge in [0.15, 0.2) is 0 Å². The summed E-state index contributed by atoms with van der Waals surface area (Å²) in [6, 6.07) is 0.0231. The summed E-state index contributed by atoms with van der Waals surface area (Å²) in [6.45, 7) is 4.17. The van der Waals surface area contributed by atoms with Crippen LogP contribution in [-0.4, -0.2) is 42.1 Å². The van der Waals surface area contributed by atoms with Gasteiger partial charge in [-0.05, 0) is 19.9 Å². The van der Waals surface area contributed by atoms with Crippen LogP contribution in [0.4, 0.5) is 0 Å². The molecule has 0 rings (SSSR count). The van der Waals surface area contributed by atoms with Crippen LogP contribution in [0.2, 0.25) is 0 Å². The van der Waals surface area contributed by atoms with Gasteiger partial charge >= 0.3 is 29.6 Å². The summed E-state index contributed by atoms with van der Waals surface area (Å²) in [5.74, 6) is 0. The number of hydrogen-bond donors (Lipinski definition) is 2. The fourth-order valence-electron chi connectivity index (χ4n) is 0.214. The Labute approximate surface area is 66.9 Å². The second-order valence-corrected chi connectivity index (χ2v) is 1.34. The molecular formula is C4H12N2Na. The molecule has 7 heavy (non-hydrogen) atoms. The van der Waals surface area contributed by atoms with E-state index in [1.165, 1.54) is 0 Å². The van der Waals surface area contributed by atoms with Crippen molar-refractivity contribution < 1.29 is 0 Å². The summed E-state index contributed by atoms with van der Waals surface area (Å²) in [4.78, 5) is 0. The predicted octanol–water partition coefficient (Wildman–Crippen LogP) is -1.15. The third-order valence-electron chi connectivity index (χ3n) is 0.537. The summed E-state index contributed by atoms with van der Waals surface area (Å²) in [7, 11) is 0. The first-order valence-corrected chi connectivity index (χ1v) is 2.06. The van der Waals surface area contributed by atoms with E-state index in [1.54, 1.807) is 0 Å². The number of rotatable bonds is 2. The molecular weight excluding hydrogens is 99.0 g/mol. The molecule has 2 nitrogen and oxygen atoms in total. The molecule has 0 aromatic carbocycles. The molecule has 0 aliphatic rings. The quantitative estimate of drug-likeness (QED) is 0.442. The maximum atomic E-state index is 5.21. The summed E-state index contributed by atoms with van der Waals surface area (Å²) in [5.41, 5.74) is 10.3.